The Morgan fingerprint density at radius 1 is 1.20 bits per heavy atom. The summed E-state index contributed by atoms with van der Waals surface area (Å²) in [5, 5.41) is 11.1. The number of amides is 1. The van der Waals surface area contributed by atoms with Gasteiger partial charge in [-0.3, -0.25) is 9.89 Å². The average molecular weight is 498 g/mol. The van der Waals surface area contributed by atoms with Gasteiger partial charge in [-0.25, -0.2) is 4.98 Å². The first-order valence-electron chi connectivity index (χ1n) is 11.0. The van der Waals surface area contributed by atoms with Crippen molar-refractivity contribution >= 4 is 51.0 Å². The monoisotopic (exact) mass is 497 g/mol. The minimum absolute atomic E-state index is 0.0932. The number of anilines is 1. The van der Waals surface area contributed by atoms with Gasteiger partial charge in [-0.1, -0.05) is 36.4 Å². The quantitative estimate of drug-likeness (QED) is 0.221. The number of nitrogens with two attached hydrogens (primary N) is 1. The first kappa shape index (κ1) is 21.6. The van der Waals surface area contributed by atoms with Crippen LogP contribution in [0.25, 0.3) is 38.2 Å². The fraction of sp³-hybridized carbons (Fsp3) is 0.0741. The zero-order valence-corrected chi connectivity index (χ0v) is 20.2. The Kier molecular flexibility index (Phi) is 5.16. The van der Waals surface area contributed by atoms with Crippen LogP contribution >= 0.6 is 22.9 Å². The lowest BCUT2D eigenvalue weighted by Crippen LogP contribution is -2.26. The van der Waals surface area contributed by atoms with Crippen molar-refractivity contribution in [3.05, 3.63) is 94.6 Å². The summed E-state index contributed by atoms with van der Waals surface area (Å²) in [5.41, 5.74) is 13.8. The van der Waals surface area contributed by atoms with E-state index in [0.717, 1.165) is 49.3 Å². The Bertz CT molecular complexity index is 1620. The molecule has 6 nitrogen and oxygen atoms in total. The van der Waals surface area contributed by atoms with Crippen molar-refractivity contribution in [1.82, 2.24) is 20.1 Å². The number of carbonyl (C=O) groups is 1. The second kappa shape index (κ2) is 8.37. The number of carbonyl (C=O) groups excluding carboxylic acids is 1. The van der Waals surface area contributed by atoms with E-state index in [0.29, 0.717) is 29.5 Å². The highest BCUT2D eigenvalue weighted by atomic mass is 35.5. The summed E-state index contributed by atoms with van der Waals surface area (Å²) in [7, 11) is 0. The molecule has 35 heavy (non-hydrogen) atoms. The van der Waals surface area contributed by atoms with E-state index in [1.165, 1.54) is 0 Å². The molecule has 8 heteroatoms. The molecule has 0 fully saturated rings. The SMILES string of the molecule is C=C(CN1Cc2c(-c3ccc4[nH]nc(-c5cccs5)c4c3)ccc(N)c2C1=O)c1ccnc(Cl)c1. The number of nitrogens with zero attached hydrogens (tertiary/aromatic N) is 3. The molecule has 2 aromatic carbocycles. The van der Waals surface area contributed by atoms with Crippen molar-refractivity contribution in [3.63, 3.8) is 0 Å². The Labute approximate surface area is 210 Å². The molecule has 0 saturated heterocycles. The topological polar surface area (TPSA) is 87.9 Å². The number of halogens is 1. The molecule has 1 aliphatic heterocycles. The standard InChI is InChI=1S/C27H20ClN5OS/c1-15(16-8-9-30-24(28)12-16)13-33-14-20-18(5-6-21(29)25(20)27(33)34)17-4-7-22-19(11-17)26(32-31-22)23-3-2-10-35-23/h2-12H,1,13-14,29H2,(H,31,32). The third-order valence-electron chi connectivity index (χ3n) is 6.34. The van der Waals surface area contributed by atoms with Crippen LogP contribution in [0.1, 0.15) is 21.5 Å². The molecule has 0 aliphatic carbocycles. The number of aromatic nitrogens is 3. The van der Waals surface area contributed by atoms with Crippen molar-refractivity contribution < 1.29 is 4.79 Å². The van der Waals surface area contributed by atoms with E-state index in [1.807, 2.05) is 35.7 Å². The Hall–Kier alpha value is -3.94. The summed E-state index contributed by atoms with van der Waals surface area (Å²) < 4.78 is 0. The van der Waals surface area contributed by atoms with E-state index in [4.69, 9.17) is 17.3 Å². The van der Waals surface area contributed by atoms with Gasteiger partial charge >= 0.3 is 0 Å². The lowest BCUT2D eigenvalue weighted by Gasteiger charge is -2.18. The van der Waals surface area contributed by atoms with Crippen LogP contribution in [0.3, 0.4) is 0 Å². The van der Waals surface area contributed by atoms with Crippen molar-refractivity contribution in [2.45, 2.75) is 6.54 Å². The highest BCUT2D eigenvalue weighted by molar-refractivity contribution is 7.13. The Morgan fingerprint density at radius 3 is 2.89 bits per heavy atom. The molecule has 6 rings (SSSR count). The number of fused-ring (bicyclic) bond motifs is 2. The van der Waals surface area contributed by atoms with Gasteiger partial charge in [-0.05, 0) is 69.6 Å². The van der Waals surface area contributed by atoms with Crippen LogP contribution in [0.2, 0.25) is 5.15 Å². The van der Waals surface area contributed by atoms with E-state index in [-0.39, 0.29) is 5.91 Å². The van der Waals surface area contributed by atoms with Gasteiger partial charge in [-0.15, -0.1) is 11.3 Å². The number of thiophene rings is 1. The van der Waals surface area contributed by atoms with Gasteiger partial charge in [0.15, 0.2) is 0 Å². The van der Waals surface area contributed by atoms with Gasteiger partial charge < -0.3 is 10.6 Å². The number of nitrogens with one attached hydrogen (secondary N) is 1. The molecule has 3 aromatic heterocycles. The maximum absolute atomic E-state index is 13.4. The van der Waals surface area contributed by atoms with Gasteiger partial charge in [-0.2, -0.15) is 5.10 Å². The molecule has 4 heterocycles. The predicted molar refractivity (Wildman–Crippen MR) is 142 cm³/mol. The smallest absolute Gasteiger partial charge is 0.256 e. The maximum atomic E-state index is 13.4. The van der Waals surface area contributed by atoms with Gasteiger partial charge in [0, 0.05) is 30.4 Å². The number of rotatable bonds is 5. The van der Waals surface area contributed by atoms with Crippen LogP contribution in [0.4, 0.5) is 5.69 Å². The molecule has 3 N–H and O–H groups in total. The van der Waals surface area contributed by atoms with Gasteiger partial charge in [0.2, 0.25) is 0 Å². The zero-order chi connectivity index (χ0) is 24.1. The second-order valence-electron chi connectivity index (χ2n) is 8.50. The fourth-order valence-corrected chi connectivity index (χ4v) is 5.53. The molecule has 1 amide bonds. The van der Waals surface area contributed by atoms with Crippen LogP contribution in [-0.4, -0.2) is 32.5 Å². The third-order valence-corrected chi connectivity index (χ3v) is 7.42. The highest BCUT2D eigenvalue weighted by Gasteiger charge is 2.32. The number of pyridine rings is 1. The largest absolute Gasteiger partial charge is 0.398 e. The van der Waals surface area contributed by atoms with Gasteiger partial charge in [0.25, 0.3) is 5.91 Å². The zero-order valence-electron chi connectivity index (χ0n) is 18.6. The molecule has 0 radical (unpaired) electrons. The summed E-state index contributed by atoms with van der Waals surface area (Å²) in [6, 6.07) is 17.7. The molecule has 5 aromatic rings. The summed E-state index contributed by atoms with van der Waals surface area (Å²) in [6.45, 7) is 4.99. The van der Waals surface area contributed by atoms with Crippen molar-refractivity contribution in [2.24, 2.45) is 0 Å². The van der Waals surface area contributed by atoms with Gasteiger partial charge in [0.1, 0.15) is 10.8 Å². The molecular formula is C27H20ClN5OS. The maximum Gasteiger partial charge on any atom is 0.256 e. The van der Waals surface area contributed by atoms with Crippen molar-refractivity contribution in [1.29, 1.82) is 0 Å². The Morgan fingerprint density at radius 2 is 2.09 bits per heavy atom. The van der Waals surface area contributed by atoms with Crippen LogP contribution in [0, 0.1) is 0 Å². The van der Waals surface area contributed by atoms with E-state index in [1.54, 1.807) is 28.5 Å². The van der Waals surface area contributed by atoms with Crippen LogP contribution in [0.5, 0.6) is 0 Å². The molecule has 1 aliphatic rings. The predicted octanol–water partition coefficient (Wildman–Crippen LogP) is 6.26. The molecule has 0 spiro atoms. The highest BCUT2D eigenvalue weighted by Crippen LogP contribution is 2.39. The fourth-order valence-electron chi connectivity index (χ4n) is 4.63. The number of hydrogen-bond acceptors (Lipinski definition) is 5. The van der Waals surface area contributed by atoms with Crippen LogP contribution < -0.4 is 5.73 Å². The summed E-state index contributed by atoms with van der Waals surface area (Å²) in [5.74, 6) is -0.0932. The van der Waals surface area contributed by atoms with E-state index in [9.17, 15) is 4.79 Å². The van der Waals surface area contributed by atoms with Crippen LogP contribution in [-0.2, 0) is 6.54 Å². The number of benzene rings is 2. The minimum atomic E-state index is -0.0932. The molecule has 0 saturated carbocycles. The second-order valence-corrected chi connectivity index (χ2v) is 9.83. The molecule has 172 valence electrons. The van der Waals surface area contributed by atoms with Crippen molar-refractivity contribution in [2.75, 3.05) is 12.3 Å². The van der Waals surface area contributed by atoms with E-state index >= 15 is 0 Å². The number of aromatic amines is 1. The summed E-state index contributed by atoms with van der Waals surface area (Å²) in [4.78, 5) is 20.3. The molecule has 0 atom stereocenters. The average Bonchev–Trinajstić information content (AvgIpc) is 3.59. The molecular weight excluding hydrogens is 478 g/mol. The third kappa shape index (κ3) is 3.69. The van der Waals surface area contributed by atoms with Crippen molar-refractivity contribution in [3.8, 4) is 21.7 Å². The molecule has 0 unspecified atom stereocenters. The Balaban J connectivity index is 1.37. The van der Waals surface area contributed by atoms with Gasteiger partial charge in [0.05, 0.1) is 16.0 Å². The lowest BCUT2D eigenvalue weighted by molar-refractivity contribution is 0.0800. The first-order chi connectivity index (χ1) is 17.0. The minimum Gasteiger partial charge on any atom is -0.398 e. The molecule has 0 bridgehead atoms. The normalized spacial score (nSPS) is 12.9. The first-order valence-corrected chi connectivity index (χ1v) is 12.3. The number of H-pyrrole nitrogens is 1. The number of nitrogen functional groups attached to an aromatic ring is 1. The van der Waals surface area contributed by atoms with E-state index in [2.05, 4.69) is 40.0 Å². The summed E-state index contributed by atoms with van der Waals surface area (Å²) in [6.07, 6.45) is 1.63. The van der Waals surface area contributed by atoms with Crippen LogP contribution in [0.15, 0.2) is 72.8 Å². The van der Waals surface area contributed by atoms with E-state index < -0.39 is 0 Å². The number of hydrogen-bond donors (Lipinski definition) is 2. The summed E-state index contributed by atoms with van der Waals surface area (Å²) >= 11 is 7.69. The lowest BCUT2D eigenvalue weighted by atomic mass is 9.94.